The molecule has 3 heteroatoms. The average Bonchev–Trinajstić information content (AvgIpc) is 2.34. The van der Waals surface area contributed by atoms with Crippen LogP contribution in [0.1, 0.15) is 39.0 Å². The molecule has 3 unspecified atom stereocenters. The Balaban J connectivity index is 1.98. The van der Waals surface area contributed by atoms with Gasteiger partial charge in [0.2, 0.25) is 0 Å². The summed E-state index contributed by atoms with van der Waals surface area (Å²) in [5.74, 6) is 0.648. The lowest BCUT2D eigenvalue weighted by molar-refractivity contribution is 0.317. The first-order valence-corrected chi connectivity index (χ1v) is 7.74. The Hall–Kier alpha value is -0.540. The molecule has 1 saturated carbocycles. The van der Waals surface area contributed by atoms with Crippen LogP contribution in [0.4, 0.5) is 4.39 Å². The van der Waals surface area contributed by atoms with Gasteiger partial charge in [-0.1, -0.05) is 25.8 Å². The second-order valence-corrected chi connectivity index (χ2v) is 6.56. The van der Waals surface area contributed by atoms with Gasteiger partial charge in [0.1, 0.15) is 5.82 Å². The zero-order valence-electron chi connectivity index (χ0n) is 10.9. The molecular formula is C15H22FNS. The topological polar surface area (TPSA) is 26.0 Å². The highest BCUT2D eigenvalue weighted by Crippen LogP contribution is 2.37. The molecule has 100 valence electrons. The van der Waals surface area contributed by atoms with Gasteiger partial charge >= 0.3 is 0 Å². The van der Waals surface area contributed by atoms with Crippen LogP contribution in [0.25, 0.3) is 0 Å². The summed E-state index contributed by atoms with van der Waals surface area (Å²) in [5.41, 5.74) is 6.21. The molecule has 1 aromatic carbocycles. The molecule has 0 spiro atoms. The molecule has 0 amide bonds. The average molecular weight is 267 g/mol. The van der Waals surface area contributed by atoms with Crippen molar-refractivity contribution >= 4 is 11.8 Å². The number of hydrogen-bond donors (Lipinski definition) is 1. The second-order valence-electron chi connectivity index (χ2n) is 5.25. The molecule has 0 bridgehead atoms. The van der Waals surface area contributed by atoms with Crippen LogP contribution in [0.3, 0.4) is 0 Å². The van der Waals surface area contributed by atoms with Gasteiger partial charge in [0.05, 0.1) is 0 Å². The number of nitrogens with two attached hydrogens (primary N) is 1. The fourth-order valence-electron chi connectivity index (χ4n) is 2.76. The van der Waals surface area contributed by atoms with Gasteiger partial charge in [-0.3, -0.25) is 0 Å². The van der Waals surface area contributed by atoms with Crippen molar-refractivity contribution in [3.63, 3.8) is 0 Å². The molecule has 0 radical (unpaired) electrons. The van der Waals surface area contributed by atoms with E-state index in [1.54, 1.807) is 23.9 Å². The first kappa shape index (κ1) is 13.9. The Labute approximate surface area is 113 Å². The van der Waals surface area contributed by atoms with Crippen molar-refractivity contribution in [3.8, 4) is 0 Å². The predicted octanol–water partition coefficient (Wildman–Crippen LogP) is 4.21. The molecule has 1 aliphatic carbocycles. The summed E-state index contributed by atoms with van der Waals surface area (Å²) in [4.78, 5) is 1.01. The molecule has 1 aliphatic rings. The number of halogens is 1. The largest absolute Gasteiger partial charge is 0.327 e. The summed E-state index contributed by atoms with van der Waals surface area (Å²) in [6.45, 7) is 2.24. The molecule has 1 aromatic rings. The van der Waals surface area contributed by atoms with Crippen molar-refractivity contribution < 1.29 is 4.39 Å². The van der Waals surface area contributed by atoms with E-state index in [1.165, 1.54) is 31.7 Å². The summed E-state index contributed by atoms with van der Waals surface area (Å²) in [6.07, 6.45) is 6.09. The highest BCUT2D eigenvalue weighted by atomic mass is 32.2. The molecule has 0 heterocycles. The highest BCUT2D eigenvalue weighted by Gasteiger charge is 2.28. The smallest absolute Gasteiger partial charge is 0.124 e. The van der Waals surface area contributed by atoms with Crippen LogP contribution in [0, 0.1) is 11.7 Å². The van der Waals surface area contributed by atoms with E-state index in [1.807, 2.05) is 6.07 Å². The quantitative estimate of drug-likeness (QED) is 0.884. The fraction of sp³-hybridized carbons (Fsp3) is 0.600. The number of rotatable bonds is 4. The lowest BCUT2D eigenvalue weighted by Crippen LogP contribution is -2.38. The molecule has 1 fully saturated rings. The lowest BCUT2D eigenvalue weighted by atomic mass is 9.83. The lowest BCUT2D eigenvalue weighted by Gasteiger charge is -2.33. The fourth-order valence-corrected chi connectivity index (χ4v) is 4.12. The molecule has 3 atom stereocenters. The van der Waals surface area contributed by atoms with Gasteiger partial charge in [0.15, 0.2) is 0 Å². The first-order chi connectivity index (χ1) is 8.69. The first-order valence-electron chi connectivity index (χ1n) is 6.87. The van der Waals surface area contributed by atoms with Crippen LogP contribution in [-0.2, 0) is 0 Å². The number of benzene rings is 1. The minimum atomic E-state index is -0.158. The molecule has 1 nitrogen and oxygen atoms in total. The molecule has 0 aromatic heterocycles. The maximum absolute atomic E-state index is 13.2. The van der Waals surface area contributed by atoms with E-state index >= 15 is 0 Å². The van der Waals surface area contributed by atoms with Crippen molar-refractivity contribution in [2.45, 2.75) is 55.2 Å². The molecular weight excluding hydrogens is 245 g/mol. The molecule has 18 heavy (non-hydrogen) atoms. The van der Waals surface area contributed by atoms with Crippen LogP contribution < -0.4 is 5.73 Å². The second kappa shape index (κ2) is 6.58. The van der Waals surface area contributed by atoms with Crippen molar-refractivity contribution in [1.82, 2.24) is 0 Å². The summed E-state index contributed by atoms with van der Waals surface area (Å²) in [5, 5.41) is 0.442. The zero-order valence-corrected chi connectivity index (χ0v) is 11.8. The number of thioether (sulfide) groups is 1. The summed E-state index contributed by atoms with van der Waals surface area (Å²) < 4.78 is 13.2. The molecule has 0 aliphatic heterocycles. The number of hydrogen-bond acceptors (Lipinski definition) is 2. The SMILES string of the molecule is CCCC1CCC(N)C(Sc2cccc(F)c2)C1. The van der Waals surface area contributed by atoms with E-state index in [0.29, 0.717) is 5.25 Å². The van der Waals surface area contributed by atoms with E-state index in [9.17, 15) is 4.39 Å². The van der Waals surface area contributed by atoms with Gasteiger partial charge in [-0.2, -0.15) is 0 Å². The van der Waals surface area contributed by atoms with Crippen LogP contribution in [0.15, 0.2) is 29.2 Å². The predicted molar refractivity (Wildman–Crippen MR) is 76.3 cm³/mol. The standard InChI is InChI=1S/C15H22FNS/c1-2-4-11-7-8-14(17)15(9-11)18-13-6-3-5-12(16)10-13/h3,5-6,10-11,14-15H,2,4,7-9,17H2,1H3. The Morgan fingerprint density at radius 1 is 1.39 bits per heavy atom. The van der Waals surface area contributed by atoms with E-state index in [2.05, 4.69) is 6.92 Å². The van der Waals surface area contributed by atoms with Gasteiger partial charge in [-0.05, 0) is 43.4 Å². The minimum absolute atomic E-state index is 0.158. The van der Waals surface area contributed by atoms with E-state index in [0.717, 1.165) is 17.2 Å². The molecule has 2 rings (SSSR count). The van der Waals surface area contributed by atoms with E-state index in [4.69, 9.17) is 5.73 Å². The third-order valence-electron chi connectivity index (χ3n) is 3.73. The van der Waals surface area contributed by atoms with Gasteiger partial charge in [-0.25, -0.2) is 4.39 Å². The Kier molecular flexibility index (Phi) is 5.07. The monoisotopic (exact) mass is 267 g/mol. The van der Waals surface area contributed by atoms with Gasteiger partial charge in [0.25, 0.3) is 0 Å². The summed E-state index contributed by atoms with van der Waals surface area (Å²) in [6, 6.07) is 7.11. The van der Waals surface area contributed by atoms with Crippen LogP contribution in [-0.4, -0.2) is 11.3 Å². The van der Waals surface area contributed by atoms with Crippen LogP contribution in [0.5, 0.6) is 0 Å². The molecule has 2 N–H and O–H groups in total. The van der Waals surface area contributed by atoms with Gasteiger partial charge < -0.3 is 5.73 Å². The Morgan fingerprint density at radius 2 is 2.22 bits per heavy atom. The third kappa shape index (κ3) is 3.72. The summed E-state index contributed by atoms with van der Waals surface area (Å²) >= 11 is 1.75. The van der Waals surface area contributed by atoms with Crippen molar-refractivity contribution in [2.24, 2.45) is 11.7 Å². The minimum Gasteiger partial charge on any atom is -0.327 e. The third-order valence-corrected chi connectivity index (χ3v) is 5.10. The summed E-state index contributed by atoms with van der Waals surface area (Å²) in [7, 11) is 0. The normalized spacial score (nSPS) is 28.3. The van der Waals surface area contributed by atoms with Crippen molar-refractivity contribution in [3.05, 3.63) is 30.1 Å². The van der Waals surface area contributed by atoms with E-state index < -0.39 is 0 Å². The highest BCUT2D eigenvalue weighted by molar-refractivity contribution is 8.00. The maximum atomic E-state index is 13.2. The Bertz CT molecular complexity index is 383. The van der Waals surface area contributed by atoms with Crippen molar-refractivity contribution in [2.75, 3.05) is 0 Å². The van der Waals surface area contributed by atoms with Crippen LogP contribution in [0.2, 0.25) is 0 Å². The Morgan fingerprint density at radius 3 is 2.94 bits per heavy atom. The van der Waals surface area contributed by atoms with Gasteiger partial charge in [-0.15, -0.1) is 11.8 Å². The maximum Gasteiger partial charge on any atom is 0.124 e. The van der Waals surface area contributed by atoms with Crippen LogP contribution >= 0.6 is 11.8 Å². The van der Waals surface area contributed by atoms with E-state index in [-0.39, 0.29) is 11.9 Å². The van der Waals surface area contributed by atoms with Crippen molar-refractivity contribution in [1.29, 1.82) is 0 Å². The van der Waals surface area contributed by atoms with Gasteiger partial charge in [0, 0.05) is 16.2 Å². The molecule has 0 saturated heterocycles. The zero-order chi connectivity index (χ0) is 13.0.